The molecule has 0 saturated heterocycles. The smallest absolute Gasteiger partial charge is 0.0995 e. The highest BCUT2D eigenvalue weighted by Crippen LogP contribution is 2.37. The van der Waals surface area contributed by atoms with Crippen LogP contribution < -0.4 is 5.73 Å². The van der Waals surface area contributed by atoms with Crippen molar-refractivity contribution in [3.8, 4) is 0 Å². The maximum absolute atomic E-state index is 6.32. The van der Waals surface area contributed by atoms with Crippen LogP contribution in [0.3, 0.4) is 0 Å². The van der Waals surface area contributed by atoms with Crippen molar-refractivity contribution in [3.63, 3.8) is 0 Å². The van der Waals surface area contributed by atoms with Crippen molar-refractivity contribution in [3.05, 3.63) is 55.7 Å². The molecular weight excluding hydrogens is 321 g/mol. The summed E-state index contributed by atoms with van der Waals surface area (Å²) < 4.78 is 1.37. The minimum absolute atomic E-state index is 0.207. The minimum atomic E-state index is -0.207. The average molecular weight is 340 g/mol. The van der Waals surface area contributed by atoms with Crippen LogP contribution in [0.4, 0.5) is 0 Å². The number of thiophene rings is 1. The molecule has 112 valence electrons. The summed E-state index contributed by atoms with van der Waals surface area (Å²) in [5.74, 6) is 0.725. The first-order valence-electron chi connectivity index (χ1n) is 7.45. The SMILES string of the molecule is NC(c1ccc(C2CCCCC2)cc1)c1cc(Cl)sc1Cl. The number of hydrogen-bond acceptors (Lipinski definition) is 2. The minimum Gasteiger partial charge on any atom is -0.320 e. The highest BCUT2D eigenvalue weighted by Gasteiger charge is 2.18. The Labute approximate surface area is 140 Å². The van der Waals surface area contributed by atoms with Crippen molar-refractivity contribution in [1.82, 2.24) is 0 Å². The Bertz CT molecular complexity index is 600. The molecule has 2 aromatic rings. The molecule has 1 aromatic carbocycles. The zero-order valence-electron chi connectivity index (χ0n) is 11.8. The van der Waals surface area contributed by atoms with Crippen LogP contribution >= 0.6 is 34.5 Å². The molecule has 0 spiro atoms. The fourth-order valence-electron chi connectivity index (χ4n) is 3.16. The Morgan fingerprint density at radius 3 is 2.29 bits per heavy atom. The van der Waals surface area contributed by atoms with E-state index in [1.165, 1.54) is 49.0 Å². The maximum atomic E-state index is 6.32. The van der Waals surface area contributed by atoms with Gasteiger partial charge in [-0.25, -0.2) is 0 Å². The lowest BCUT2D eigenvalue weighted by Gasteiger charge is -2.22. The van der Waals surface area contributed by atoms with Gasteiger partial charge in [-0.05, 0) is 36.0 Å². The molecule has 1 atom stereocenters. The van der Waals surface area contributed by atoms with Gasteiger partial charge >= 0.3 is 0 Å². The summed E-state index contributed by atoms with van der Waals surface area (Å²) in [5.41, 5.74) is 9.77. The van der Waals surface area contributed by atoms with Gasteiger partial charge in [0.2, 0.25) is 0 Å². The molecule has 1 aliphatic rings. The summed E-state index contributed by atoms with van der Waals surface area (Å²) in [6, 6.07) is 10.4. The molecule has 1 heterocycles. The van der Waals surface area contributed by atoms with E-state index in [0.717, 1.165) is 17.0 Å². The van der Waals surface area contributed by atoms with Crippen LogP contribution in [0, 0.1) is 0 Å². The van der Waals surface area contributed by atoms with Gasteiger partial charge in [-0.15, -0.1) is 11.3 Å². The van der Waals surface area contributed by atoms with Gasteiger partial charge in [0.1, 0.15) is 0 Å². The zero-order chi connectivity index (χ0) is 14.8. The van der Waals surface area contributed by atoms with Gasteiger partial charge in [-0.3, -0.25) is 0 Å². The number of benzene rings is 1. The Kier molecular flexibility index (Phi) is 4.90. The van der Waals surface area contributed by atoms with Gasteiger partial charge in [-0.1, -0.05) is 66.7 Å². The summed E-state index contributed by atoms with van der Waals surface area (Å²) in [6.07, 6.45) is 6.73. The van der Waals surface area contributed by atoms with Gasteiger partial charge in [0.05, 0.1) is 14.7 Å². The number of nitrogens with two attached hydrogens (primary N) is 1. The van der Waals surface area contributed by atoms with Crippen LogP contribution in [0.2, 0.25) is 8.67 Å². The van der Waals surface area contributed by atoms with Crippen LogP contribution in [-0.2, 0) is 0 Å². The standard InChI is InChI=1S/C17H19Cl2NS/c18-15-10-14(17(19)21-15)16(20)13-8-6-12(7-9-13)11-4-2-1-3-5-11/h6-11,16H,1-5,20H2. The van der Waals surface area contributed by atoms with Crippen LogP contribution in [0.1, 0.15) is 60.8 Å². The van der Waals surface area contributed by atoms with Crippen LogP contribution in [0.5, 0.6) is 0 Å². The van der Waals surface area contributed by atoms with E-state index in [2.05, 4.69) is 24.3 Å². The van der Waals surface area contributed by atoms with E-state index >= 15 is 0 Å². The van der Waals surface area contributed by atoms with Crippen molar-refractivity contribution in [2.24, 2.45) is 5.73 Å². The molecule has 0 amide bonds. The van der Waals surface area contributed by atoms with Crippen molar-refractivity contribution in [2.75, 3.05) is 0 Å². The molecule has 0 aliphatic heterocycles. The van der Waals surface area contributed by atoms with Crippen LogP contribution in [0.25, 0.3) is 0 Å². The first-order valence-corrected chi connectivity index (χ1v) is 9.02. The van der Waals surface area contributed by atoms with Gasteiger partial charge < -0.3 is 5.73 Å². The predicted octanol–water partition coefficient (Wildman–Crippen LogP) is 6.15. The average Bonchev–Trinajstić information content (AvgIpc) is 2.86. The quantitative estimate of drug-likeness (QED) is 0.712. The monoisotopic (exact) mass is 339 g/mol. The first kappa shape index (κ1) is 15.4. The van der Waals surface area contributed by atoms with E-state index in [-0.39, 0.29) is 6.04 Å². The summed E-state index contributed by atoms with van der Waals surface area (Å²) in [6.45, 7) is 0. The van der Waals surface area contributed by atoms with E-state index in [9.17, 15) is 0 Å². The zero-order valence-corrected chi connectivity index (χ0v) is 14.1. The van der Waals surface area contributed by atoms with Gasteiger partial charge in [0.25, 0.3) is 0 Å². The fraction of sp³-hybridized carbons (Fsp3) is 0.412. The third-order valence-electron chi connectivity index (χ3n) is 4.39. The number of hydrogen-bond donors (Lipinski definition) is 1. The van der Waals surface area contributed by atoms with Gasteiger partial charge in [0, 0.05) is 5.56 Å². The van der Waals surface area contributed by atoms with E-state index in [4.69, 9.17) is 28.9 Å². The Morgan fingerprint density at radius 2 is 1.71 bits per heavy atom. The molecule has 1 nitrogen and oxygen atoms in total. The molecule has 1 unspecified atom stereocenters. The highest BCUT2D eigenvalue weighted by molar-refractivity contribution is 7.20. The number of rotatable bonds is 3. The fourth-order valence-corrected chi connectivity index (χ4v) is 4.71. The number of halogens is 2. The molecule has 2 N–H and O–H groups in total. The second-order valence-corrected chi connectivity index (χ2v) is 8.04. The van der Waals surface area contributed by atoms with Crippen molar-refractivity contribution < 1.29 is 0 Å². The van der Waals surface area contributed by atoms with Gasteiger partial charge in [-0.2, -0.15) is 0 Å². The Balaban J connectivity index is 1.78. The molecule has 0 bridgehead atoms. The first-order chi connectivity index (χ1) is 10.1. The van der Waals surface area contributed by atoms with Crippen molar-refractivity contribution >= 4 is 34.5 Å². The second kappa shape index (κ2) is 6.70. The van der Waals surface area contributed by atoms with E-state index in [0.29, 0.717) is 8.67 Å². The molecule has 1 aromatic heterocycles. The predicted molar refractivity (Wildman–Crippen MR) is 92.6 cm³/mol. The second-order valence-electron chi connectivity index (χ2n) is 5.76. The molecule has 1 aliphatic carbocycles. The summed E-state index contributed by atoms with van der Waals surface area (Å²) >= 11 is 13.6. The Morgan fingerprint density at radius 1 is 1.05 bits per heavy atom. The summed E-state index contributed by atoms with van der Waals surface area (Å²) in [7, 11) is 0. The van der Waals surface area contributed by atoms with E-state index < -0.39 is 0 Å². The molecule has 1 saturated carbocycles. The largest absolute Gasteiger partial charge is 0.320 e. The molecule has 4 heteroatoms. The summed E-state index contributed by atoms with van der Waals surface area (Å²) in [5, 5.41) is 0. The summed E-state index contributed by atoms with van der Waals surface area (Å²) in [4.78, 5) is 0. The lowest BCUT2D eigenvalue weighted by Crippen LogP contribution is -2.12. The third-order valence-corrected chi connectivity index (χ3v) is 5.91. The Hall–Kier alpha value is -0.540. The molecule has 0 radical (unpaired) electrons. The van der Waals surface area contributed by atoms with Crippen LogP contribution in [0.15, 0.2) is 30.3 Å². The highest BCUT2D eigenvalue weighted by atomic mass is 35.5. The van der Waals surface area contributed by atoms with Crippen LogP contribution in [-0.4, -0.2) is 0 Å². The van der Waals surface area contributed by atoms with Crippen molar-refractivity contribution in [1.29, 1.82) is 0 Å². The van der Waals surface area contributed by atoms with Crippen molar-refractivity contribution in [2.45, 2.75) is 44.1 Å². The molecule has 1 fully saturated rings. The topological polar surface area (TPSA) is 26.0 Å². The molecule has 21 heavy (non-hydrogen) atoms. The van der Waals surface area contributed by atoms with E-state index in [1.807, 2.05) is 6.07 Å². The molecule has 3 rings (SSSR count). The third kappa shape index (κ3) is 3.45. The maximum Gasteiger partial charge on any atom is 0.0995 e. The lowest BCUT2D eigenvalue weighted by molar-refractivity contribution is 0.443. The van der Waals surface area contributed by atoms with E-state index in [1.54, 1.807) is 0 Å². The normalized spacial score (nSPS) is 17.9. The van der Waals surface area contributed by atoms with Gasteiger partial charge in [0.15, 0.2) is 0 Å². The lowest BCUT2D eigenvalue weighted by atomic mass is 9.83. The molecular formula is C17H19Cl2NS.